The van der Waals surface area contributed by atoms with Crippen molar-refractivity contribution >= 4 is 38.9 Å². The van der Waals surface area contributed by atoms with Crippen LogP contribution in [0.2, 0.25) is 4.34 Å². The summed E-state index contributed by atoms with van der Waals surface area (Å²) >= 11 is 6.92. The Hall–Kier alpha value is -1.49. The number of rotatable bonds is 5. The molecule has 0 bridgehead atoms. The van der Waals surface area contributed by atoms with E-state index in [0.29, 0.717) is 17.3 Å². The van der Waals surface area contributed by atoms with Gasteiger partial charge in [-0.1, -0.05) is 16.8 Å². The molecule has 2 aromatic rings. The fourth-order valence-electron chi connectivity index (χ4n) is 2.81. The van der Waals surface area contributed by atoms with Crippen molar-refractivity contribution in [3.05, 3.63) is 28.4 Å². The summed E-state index contributed by atoms with van der Waals surface area (Å²) in [4.78, 5) is 12.0. The van der Waals surface area contributed by atoms with E-state index in [-0.39, 0.29) is 34.4 Å². The molecule has 8 nitrogen and oxygen atoms in total. The van der Waals surface area contributed by atoms with Gasteiger partial charge in [-0.15, -0.1) is 16.4 Å². The van der Waals surface area contributed by atoms with Gasteiger partial charge in [-0.25, -0.2) is 13.1 Å². The number of sulfonamides is 1. The molecule has 1 aliphatic rings. The number of aromatic nitrogens is 3. The lowest BCUT2D eigenvalue weighted by molar-refractivity contribution is 0.0938. The Morgan fingerprint density at radius 2 is 2.19 bits per heavy atom. The van der Waals surface area contributed by atoms with Crippen LogP contribution in [0, 0.1) is 0 Å². The second-order valence-corrected chi connectivity index (χ2v) is 10.3. The number of thiophene rings is 1. The molecule has 2 aromatic heterocycles. The van der Waals surface area contributed by atoms with E-state index in [4.69, 9.17) is 11.6 Å². The van der Waals surface area contributed by atoms with Crippen molar-refractivity contribution < 1.29 is 13.2 Å². The SMILES string of the molecule is CC(C)NC(=O)c1cn([C@H]2CCCN(S(=O)(=O)c3ccc(Cl)s3)C2)nn1. The van der Waals surface area contributed by atoms with Crippen molar-refractivity contribution in [3.63, 3.8) is 0 Å². The Labute approximate surface area is 161 Å². The first-order valence-corrected chi connectivity index (χ1v) is 10.9. The monoisotopic (exact) mass is 417 g/mol. The first-order valence-electron chi connectivity index (χ1n) is 8.25. The smallest absolute Gasteiger partial charge is 0.273 e. The summed E-state index contributed by atoms with van der Waals surface area (Å²) in [6, 6.07) is 2.94. The van der Waals surface area contributed by atoms with Crippen molar-refractivity contribution in [2.75, 3.05) is 13.1 Å². The van der Waals surface area contributed by atoms with Gasteiger partial charge < -0.3 is 5.32 Å². The number of halogens is 1. The number of piperidine rings is 1. The van der Waals surface area contributed by atoms with E-state index < -0.39 is 10.0 Å². The van der Waals surface area contributed by atoms with Crippen molar-refractivity contribution in [3.8, 4) is 0 Å². The standard InChI is InChI=1S/C15H20ClN5O3S2/c1-10(2)17-15(22)12-9-21(19-18-12)11-4-3-7-20(8-11)26(23,24)14-6-5-13(16)25-14/h5-6,9-11H,3-4,7-8H2,1-2H3,(H,17,22)/t11-/m0/s1. The summed E-state index contributed by atoms with van der Waals surface area (Å²) in [5.41, 5.74) is 0.226. The number of carbonyl (C=O) groups excluding carboxylic acids is 1. The van der Waals surface area contributed by atoms with Crippen LogP contribution in [0.1, 0.15) is 43.2 Å². The van der Waals surface area contributed by atoms with E-state index in [1.807, 2.05) is 13.8 Å². The molecule has 1 N–H and O–H groups in total. The lowest BCUT2D eigenvalue weighted by atomic mass is 10.1. The second kappa shape index (κ2) is 7.63. The van der Waals surface area contributed by atoms with E-state index in [9.17, 15) is 13.2 Å². The summed E-state index contributed by atoms with van der Waals surface area (Å²) in [6.45, 7) is 4.46. The van der Waals surface area contributed by atoms with Gasteiger partial charge in [-0.3, -0.25) is 4.79 Å². The van der Waals surface area contributed by atoms with E-state index in [1.54, 1.807) is 16.9 Å². The molecule has 3 heterocycles. The van der Waals surface area contributed by atoms with Crippen molar-refractivity contribution in [2.24, 2.45) is 0 Å². The summed E-state index contributed by atoms with van der Waals surface area (Å²) in [5, 5.41) is 10.7. The topological polar surface area (TPSA) is 97.2 Å². The molecule has 26 heavy (non-hydrogen) atoms. The third-order valence-electron chi connectivity index (χ3n) is 4.04. The quantitative estimate of drug-likeness (QED) is 0.803. The van der Waals surface area contributed by atoms with Crippen LogP contribution in [0.15, 0.2) is 22.5 Å². The largest absolute Gasteiger partial charge is 0.348 e. The van der Waals surface area contributed by atoms with Gasteiger partial charge in [0.25, 0.3) is 15.9 Å². The number of carbonyl (C=O) groups is 1. The highest BCUT2D eigenvalue weighted by molar-refractivity contribution is 7.91. The van der Waals surface area contributed by atoms with E-state index in [0.717, 1.165) is 17.8 Å². The first kappa shape index (κ1) is 19.3. The molecule has 1 saturated heterocycles. The minimum absolute atomic E-state index is 0.000542. The Balaban J connectivity index is 1.75. The number of nitrogens with zero attached hydrogens (tertiary/aromatic N) is 4. The average Bonchev–Trinajstić information content (AvgIpc) is 3.24. The van der Waals surface area contributed by atoms with Crippen LogP contribution in [-0.2, 0) is 10.0 Å². The molecule has 142 valence electrons. The minimum atomic E-state index is -3.58. The first-order chi connectivity index (χ1) is 12.3. The molecule has 0 aliphatic carbocycles. The van der Waals surface area contributed by atoms with Crippen molar-refractivity contribution in [1.82, 2.24) is 24.6 Å². The molecule has 1 fully saturated rings. The van der Waals surface area contributed by atoms with Gasteiger partial charge >= 0.3 is 0 Å². The third-order valence-corrected chi connectivity index (χ3v) is 7.60. The Kier molecular flexibility index (Phi) is 5.66. The minimum Gasteiger partial charge on any atom is -0.348 e. The number of hydrogen-bond acceptors (Lipinski definition) is 6. The van der Waals surface area contributed by atoms with Gasteiger partial charge in [0.1, 0.15) is 4.21 Å². The molecule has 1 atom stereocenters. The van der Waals surface area contributed by atoms with Gasteiger partial charge in [0.2, 0.25) is 0 Å². The molecule has 1 aliphatic heterocycles. The summed E-state index contributed by atoms with van der Waals surface area (Å²) in [7, 11) is -3.58. The zero-order valence-corrected chi connectivity index (χ0v) is 16.8. The molecular weight excluding hydrogens is 398 g/mol. The van der Waals surface area contributed by atoms with Crippen LogP contribution in [0.4, 0.5) is 0 Å². The highest BCUT2D eigenvalue weighted by Crippen LogP contribution is 2.31. The maximum atomic E-state index is 12.8. The highest BCUT2D eigenvalue weighted by atomic mass is 35.5. The zero-order chi connectivity index (χ0) is 18.9. The van der Waals surface area contributed by atoms with Crippen LogP contribution in [0.5, 0.6) is 0 Å². The van der Waals surface area contributed by atoms with E-state index in [1.165, 1.54) is 10.4 Å². The second-order valence-electron chi connectivity index (χ2n) is 6.43. The molecule has 1 amide bonds. The van der Waals surface area contributed by atoms with Gasteiger partial charge in [0.05, 0.1) is 16.6 Å². The van der Waals surface area contributed by atoms with Crippen LogP contribution >= 0.6 is 22.9 Å². The molecule has 0 unspecified atom stereocenters. The fraction of sp³-hybridized carbons (Fsp3) is 0.533. The third kappa shape index (κ3) is 4.08. The Bertz CT molecular complexity index is 893. The van der Waals surface area contributed by atoms with Gasteiger partial charge in [0, 0.05) is 19.1 Å². The molecule has 0 aromatic carbocycles. The van der Waals surface area contributed by atoms with Gasteiger partial charge in [-0.2, -0.15) is 4.31 Å². The summed E-state index contributed by atoms with van der Waals surface area (Å²) in [6.07, 6.45) is 3.04. The average molecular weight is 418 g/mol. The maximum absolute atomic E-state index is 12.8. The van der Waals surface area contributed by atoms with Crippen LogP contribution in [0.25, 0.3) is 0 Å². The number of nitrogens with one attached hydrogen (secondary N) is 1. The summed E-state index contributed by atoms with van der Waals surface area (Å²) in [5.74, 6) is -0.292. The highest BCUT2D eigenvalue weighted by Gasteiger charge is 2.32. The van der Waals surface area contributed by atoms with Crippen LogP contribution in [-0.4, -0.2) is 52.8 Å². The van der Waals surface area contributed by atoms with E-state index >= 15 is 0 Å². The number of hydrogen-bond donors (Lipinski definition) is 1. The van der Waals surface area contributed by atoms with E-state index in [2.05, 4.69) is 15.6 Å². The fourth-order valence-corrected chi connectivity index (χ4v) is 5.97. The molecule has 11 heteroatoms. The van der Waals surface area contributed by atoms with Gasteiger partial charge in [0.15, 0.2) is 5.69 Å². The predicted octanol–water partition coefficient (Wildman–Crippen LogP) is 2.16. The molecule has 0 saturated carbocycles. The van der Waals surface area contributed by atoms with Crippen molar-refractivity contribution in [2.45, 2.75) is 43.0 Å². The van der Waals surface area contributed by atoms with Gasteiger partial charge in [-0.05, 0) is 38.8 Å². The maximum Gasteiger partial charge on any atom is 0.273 e. The normalized spacial score (nSPS) is 19.0. The Morgan fingerprint density at radius 3 is 2.85 bits per heavy atom. The van der Waals surface area contributed by atoms with Crippen LogP contribution < -0.4 is 5.32 Å². The Morgan fingerprint density at radius 1 is 1.42 bits per heavy atom. The molecule has 0 spiro atoms. The zero-order valence-electron chi connectivity index (χ0n) is 14.4. The van der Waals surface area contributed by atoms with Crippen molar-refractivity contribution in [1.29, 1.82) is 0 Å². The molecule has 3 rings (SSSR count). The lowest BCUT2D eigenvalue weighted by Gasteiger charge is -2.31. The summed E-state index contributed by atoms with van der Waals surface area (Å²) < 4.78 is 29.3. The van der Waals surface area contributed by atoms with Crippen LogP contribution in [0.3, 0.4) is 0 Å². The number of amides is 1. The predicted molar refractivity (Wildman–Crippen MR) is 99.0 cm³/mol. The molecule has 0 radical (unpaired) electrons. The molecular formula is C15H20ClN5O3S2. The lowest BCUT2D eigenvalue weighted by Crippen LogP contribution is -2.40.